The lowest BCUT2D eigenvalue weighted by atomic mass is 10.1. The van der Waals surface area contributed by atoms with Gasteiger partial charge in [0.05, 0.1) is 26.0 Å². The third-order valence-corrected chi connectivity index (χ3v) is 5.37. The third-order valence-electron chi connectivity index (χ3n) is 4.50. The molecule has 2 aromatic rings. The molecule has 2 N–H and O–H groups in total. The monoisotopic (exact) mass is 405 g/mol. The molecule has 1 aromatic heterocycles. The van der Waals surface area contributed by atoms with E-state index in [1.165, 1.54) is 11.3 Å². The van der Waals surface area contributed by atoms with Crippen LogP contribution >= 0.6 is 11.3 Å². The highest BCUT2D eigenvalue weighted by atomic mass is 32.1. The number of ether oxygens (including phenoxy) is 2. The summed E-state index contributed by atoms with van der Waals surface area (Å²) in [6.45, 7) is 3.37. The summed E-state index contributed by atoms with van der Waals surface area (Å²) in [6.07, 6.45) is 2.97. The molecule has 1 aliphatic rings. The fourth-order valence-electron chi connectivity index (χ4n) is 2.90. The molecule has 0 unspecified atom stereocenters. The first-order valence-electron chi connectivity index (χ1n) is 9.53. The Morgan fingerprint density at radius 3 is 2.89 bits per heavy atom. The summed E-state index contributed by atoms with van der Waals surface area (Å²) in [5.74, 6) is 1.25. The maximum Gasteiger partial charge on any atom is 0.317 e. The molecular weight excluding hydrogens is 378 g/mol. The number of benzene rings is 1. The van der Waals surface area contributed by atoms with Crippen molar-refractivity contribution in [1.82, 2.24) is 15.2 Å². The van der Waals surface area contributed by atoms with Crippen LogP contribution in [0, 0.1) is 0 Å². The molecule has 0 aliphatic heterocycles. The lowest BCUT2D eigenvalue weighted by molar-refractivity contribution is 0.190. The molecule has 3 rings (SSSR count). The number of methoxy groups -OCH3 is 1. The van der Waals surface area contributed by atoms with Gasteiger partial charge in [-0.15, -0.1) is 11.3 Å². The number of rotatable bonds is 10. The van der Waals surface area contributed by atoms with E-state index >= 15 is 0 Å². The van der Waals surface area contributed by atoms with Gasteiger partial charge in [-0.3, -0.25) is 0 Å². The molecule has 7 nitrogen and oxygen atoms in total. The van der Waals surface area contributed by atoms with Gasteiger partial charge in [-0.1, -0.05) is 19.1 Å². The van der Waals surface area contributed by atoms with Gasteiger partial charge in [-0.2, -0.15) is 0 Å². The van der Waals surface area contributed by atoms with Crippen LogP contribution in [-0.2, 0) is 19.8 Å². The minimum absolute atomic E-state index is 0.0365. The Morgan fingerprint density at radius 2 is 2.25 bits per heavy atom. The summed E-state index contributed by atoms with van der Waals surface area (Å²) in [4.78, 5) is 18.8. The molecule has 0 bridgehead atoms. The van der Waals surface area contributed by atoms with Crippen molar-refractivity contribution < 1.29 is 19.4 Å². The number of aliphatic hydroxyl groups is 1. The molecule has 2 amide bonds. The Bertz CT molecular complexity index is 792. The van der Waals surface area contributed by atoms with E-state index in [4.69, 9.17) is 9.47 Å². The zero-order chi connectivity index (χ0) is 19.9. The number of hydrogen-bond acceptors (Lipinski definition) is 6. The number of thiazole rings is 1. The first-order chi connectivity index (χ1) is 13.7. The average molecular weight is 406 g/mol. The van der Waals surface area contributed by atoms with E-state index < -0.39 is 0 Å². The van der Waals surface area contributed by atoms with Crippen LogP contribution in [0.4, 0.5) is 4.79 Å². The van der Waals surface area contributed by atoms with E-state index in [-0.39, 0.29) is 25.3 Å². The van der Waals surface area contributed by atoms with Crippen LogP contribution in [0.1, 0.15) is 42.5 Å². The Morgan fingerprint density at radius 1 is 1.43 bits per heavy atom. The van der Waals surface area contributed by atoms with Gasteiger partial charge in [0, 0.05) is 23.5 Å². The second-order valence-electron chi connectivity index (χ2n) is 6.72. The lowest BCUT2D eigenvalue weighted by Gasteiger charge is -2.24. The average Bonchev–Trinajstić information content (AvgIpc) is 3.46. The summed E-state index contributed by atoms with van der Waals surface area (Å²) in [6, 6.07) is 5.95. The lowest BCUT2D eigenvalue weighted by Crippen LogP contribution is -2.41. The highest BCUT2D eigenvalue weighted by molar-refractivity contribution is 7.09. The van der Waals surface area contributed by atoms with Gasteiger partial charge in [0.15, 0.2) is 11.5 Å². The number of para-hydroxylation sites is 1. The van der Waals surface area contributed by atoms with Crippen LogP contribution < -0.4 is 14.8 Å². The Labute approximate surface area is 169 Å². The van der Waals surface area contributed by atoms with Crippen molar-refractivity contribution in [3.05, 3.63) is 39.8 Å². The summed E-state index contributed by atoms with van der Waals surface area (Å²) in [5.41, 5.74) is 1.54. The smallest absolute Gasteiger partial charge is 0.317 e. The van der Waals surface area contributed by atoms with E-state index in [2.05, 4.69) is 10.3 Å². The normalized spacial score (nSPS) is 13.2. The predicted octanol–water partition coefficient (Wildman–Crippen LogP) is 3.31. The van der Waals surface area contributed by atoms with Gasteiger partial charge in [0.25, 0.3) is 0 Å². The number of amides is 2. The molecule has 0 radical (unpaired) electrons. The molecular formula is C20H27N3O4S. The van der Waals surface area contributed by atoms with Crippen molar-refractivity contribution in [1.29, 1.82) is 0 Å². The Kier molecular flexibility index (Phi) is 7.11. The van der Waals surface area contributed by atoms with Crippen LogP contribution in [0.25, 0.3) is 0 Å². The number of urea groups is 1. The van der Waals surface area contributed by atoms with Gasteiger partial charge in [0.2, 0.25) is 0 Å². The predicted molar refractivity (Wildman–Crippen MR) is 108 cm³/mol. The zero-order valence-corrected chi connectivity index (χ0v) is 17.1. The van der Waals surface area contributed by atoms with Gasteiger partial charge in [-0.05, 0) is 25.3 Å². The highest BCUT2D eigenvalue weighted by Crippen LogP contribution is 2.35. The van der Waals surface area contributed by atoms with E-state index in [1.807, 2.05) is 35.4 Å². The highest BCUT2D eigenvalue weighted by Gasteiger charge is 2.33. The van der Waals surface area contributed by atoms with Crippen molar-refractivity contribution in [2.45, 2.75) is 52.0 Å². The molecule has 0 spiro atoms. The van der Waals surface area contributed by atoms with Crippen LogP contribution in [0.3, 0.4) is 0 Å². The molecule has 1 saturated carbocycles. The van der Waals surface area contributed by atoms with Crippen LogP contribution in [0.5, 0.6) is 11.5 Å². The maximum absolute atomic E-state index is 12.6. The van der Waals surface area contributed by atoms with Gasteiger partial charge in [0.1, 0.15) is 11.6 Å². The summed E-state index contributed by atoms with van der Waals surface area (Å²) in [5, 5.41) is 14.7. The number of aromatic nitrogens is 1. The fourth-order valence-corrected chi connectivity index (χ4v) is 3.60. The molecule has 8 heteroatoms. The summed E-state index contributed by atoms with van der Waals surface area (Å²) >= 11 is 1.44. The maximum atomic E-state index is 12.6. The summed E-state index contributed by atoms with van der Waals surface area (Å²) in [7, 11) is 1.60. The van der Waals surface area contributed by atoms with Gasteiger partial charge in [-0.25, -0.2) is 9.78 Å². The Hall–Kier alpha value is -2.32. The van der Waals surface area contributed by atoms with Crippen molar-refractivity contribution in [2.24, 2.45) is 0 Å². The van der Waals surface area contributed by atoms with Crippen molar-refractivity contribution in [3.63, 3.8) is 0 Å². The van der Waals surface area contributed by atoms with E-state index in [0.29, 0.717) is 30.3 Å². The molecule has 1 aliphatic carbocycles. The minimum Gasteiger partial charge on any atom is -0.493 e. The van der Waals surface area contributed by atoms with Crippen LogP contribution in [-0.4, -0.2) is 40.7 Å². The summed E-state index contributed by atoms with van der Waals surface area (Å²) < 4.78 is 11.5. The molecule has 1 heterocycles. The number of aliphatic hydroxyl groups excluding tert-OH is 1. The first-order valence-corrected chi connectivity index (χ1v) is 10.4. The zero-order valence-electron chi connectivity index (χ0n) is 16.3. The number of nitrogens with zero attached hydrogens (tertiary/aromatic N) is 2. The second-order valence-corrected chi connectivity index (χ2v) is 7.66. The van der Waals surface area contributed by atoms with Crippen LogP contribution in [0.15, 0.2) is 23.6 Å². The van der Waals surface area contributed by atoms with Gasteiger partial charge < -0.3 is 24.8 Å². The second kappa shape index (κ2) is 9.75. The topological polar surface area (TPSA) is 83.9 Å². The Balaban J connectivity index is 1.76. The molecule has 0 saturated heterocycles. The largest absolute Gasteiger partial charge is 0.493 e. The third kappa shape index (κ3) is 5.14. The number of nitrogens with one attached hydrogen (secondary N) is 1. The minimum atomic E-state index is -0.0837. The molecule has 152 valence electrons. The molecule has 1 aromatic carbocycles. The van der Waals surface area contributed by atoms with Crippen LogP contribution in [0.2, 0.25) is 0 Å². The van der Waals surface area contributed by atoms with E-state index in [9.17, 15) is 9.90 Å². The van der Waals surface area contributed by atoms with E-state index in [0.717, 1.165) is 29.8 Å². The number of carbonyl (C=O) groups is 1. The van der Waals surface area contributed by atoms with Crippen molar-refractivity contribution in [3.8, 4) is 11.5 Å². The number of carbonyl (C=O) groups excluding carboxylic acids is 1. The molecule has 28 heavy (non-hydrogen) atoms. The first kappa shape index (κ1) is 20.4. The van der Waals surface area contributed by atoms with Crippen molar-refractivity contribution in [2.75, 3.05) is 13.7 Å². The molecule has 1 fully saturated rings. The van der Waals surface area contributed by atoms with Gasteiger partial charge >= 0.3 is 6.03 Å². The standard InChI is InChI=1S/C20H27N3O4S/c1-3-9-21-20(25)23(16-7-8-16)10-14-5-4-6-17(26-2)19(14)27-12-18-22-15(11-24)13-28-18/h4-6,13,16,24H,3,7-12H2,1-2H3,(H,21,25). The quantitative estimate of drug-likeness (QED) is 0.634. The number of hydrogen-bond donors (Lipinski definition) is 2. The fraction of sp³-hybridized carbons (Fsp3) is 0.500. The van der Waals surface area contributed by atoms with E-state index in [1.54, 1.807) is 7.11 Å². The SMILES string of the molecule is CCCNC(=O)N(Cc1cccc(OC)c1OCc1nc(CO)cs1)C1CC1. The van der Waals surface area contributed by atoms with Crippen molar-refractivity contribution >= 4 is 17.4 Å². The molecule has 0 atom stereocenters.